The first-order valence-electron chi connectivity index (χ1n) is 6.67. The Morgan fingerprint density at radius 2 is 2.20 bits per heavy atom. The molecule has 104 valence electrons. The van der Waals surface area contributed by atoms with E-state index in [-0.39, 0.29) is 5.91 Å². The third-order valence-electron chi connectivity index (χ3n) is 3.28. The summed E-state index contributed by atoms with van der Waals surface area (Å²) < 4.78 is 0. The summed E-state index contributed by atoms with van der Waals surface area (Å²) in [5, 5.41) is 5.39. The van der Waals surface area contributed by atoms with Crippen LogP contribution in [0.4, 0.5) is 10.9 Å². The van der Waals surface area contributed by atoms with Crippen molar-refractivity contribution in [3.8, 4) is 0 Å². The Hall–Kier alpha value is -1.95. The van der Waals surface area contributed by atoms with Crippen molar-refractivity contribution < 1.29 is 4.79 Å². The van der Waals surface area contributed by atoms with Gasteiger partial charge in [-0.1, -0.05) is 0 Å². The predicted molar refractivity (Wildman–Crippen MR) is 80.5 cm³/mol. The molecule has 3 rings (SSSR count). The number of anilines is 2. The zero-order chi connectivity index (χ0) is 13.9. The molecule has 2 aromatic heterocycles. The number of pyridine rings is 1. The fourth-order valence-electron chi connectivity index (χ4n) is 2.33. The van der Waals surface area contributed by atoms with E-state index in [0.29, 0.717) is 10.7 Å². The molecule has 1 saturated heterocycles. The van der Waals surface area contributed by atoms with E-state index in [4.69, 9.17) is 0 Å². The van der Waals surface area contributed by atoms with Crippen LogP contribution in [0.3, 0.4) is 0 Å². The van der Waals surface area contributed by atoms with Crippen LogP contribution < -0.4 is 10.2 Å². The highest BCUT2D eigenvalue weighted by Crippen LogP contribution is 2.23. The summed E-state index contributed by atoms with van der Waals surface area (Å²) >= 11 is 1.43. The summed E-state index contributed by atoms with van der Waals surface area (Å²) in [6.45, 7) is 3.84. The van der Waals surface area contributed by atoms with Gasteiger partial charge in [0.25, 0.3) is 5.91 Å². The molecule has 1 aliphatic rings. The molecule has 5 nitrogen and oxygen atoms in total. The van der Waals surface area contributed by atoms with E-state index in [1.807, 2.05) is 18.4 Å². The molecule has 1 N–H and O–H groups in total. The second-order valence-electron chi connectivity index (χ2n) is 4.82. The lowest BCUT2D eigenvalue weighted by Crippen LogP contribution is -2.24. The monoisotopic (exact) mass is 288 g/mol. The number of aromatic nitrogens is 2. The van der Waals surface area contributed by atoms with Crippen LogP contribution in [0, 0.1) is 6.92 Å². The fraction of sp³-hybridized carbons (Fsp3) is 0.357. The number of nitrogens with one attached hydrogen (secondary N) is 1. The van der Waals surface area contributed by atoms with E-state index in [1.165, 1.54) is 11.3 Å². The van der Waals surface area contributed by atoms with Crippen molar-refractivity contribution in [2.75, 3.05) is 23.3 Å². The molecule has 0 aromatic carbocycles. The third-order valence-corrected chi connectivity index (χ3v) is 4.15. The number of thiazole rings is 1. The van der Waals surface area contributed by atoms with E-state index in [1.54, 1.807) is 12.3 Å². The van der Waals surface area contributed by atoms with Crippen LogP contribution in [0.15, 0.2) is 23.7 Å². The van der Waals surface area contributed by atoms with Crippen molar-refractivity contribution in [2.45, 2.75) is 19.8 Å². The van der Waals surface area contributed by atoms with Gasteiger partial charge in [-0.25, -0.2) is 9.97 Å². The molecule has 6 heteroatoms. The van der Waals surface area contributed by atoms with Crippen molar-refractivity contribution in [2.24, 2.45) is 0 Å². The molecule has 2 aromatic rings. The molecule has 0 aliphatic carbocycles. The number of amides is 1. The van der Waals surface area contributed by atoms with E-state index < -0.39 is 0 Å². The molecule has 1 aliphatic heterocycles. The van der Waals surface area contributed by atoms with E-state index in [0.717, 1.165) is 37.4 Å². The average Bonchev–Trinajstić information content (AvgIpc) is 3.10. The Balaban J connectivity index is 1.83. The van der Waals surface area contributed by atoms with Gasteiger partial charge in [-0.2, -0.15) is 0 Å². The quantitative estimate of drug-likeness (QED) is 0.943. The van der Waals surface area contributed by atoms with Gasteiger partial charge in [-0.05, 0) is 31.9 Å². The zero-order valence-corrected chi connectivity index (χ0v) is 12.1. The maximum absolute atomic E-state index is 12.4. The minimum absolute atomic E-state index is 0.144. The van der Waals surface area contributed by atoms with Gasteiger partial charge in [-0.3, -0.25) is 10.1 Å². The van der Waals surface area contributed by atoms with Crippen molar-refractivity contribution in [1.82, 2.24) is 9.97 Å². The summed E-state index contributed by atoms with van der Waals surface area (Å²) in [6, 6.07) is 3.61. The lowest BCUT2D eigenvalue weighted by molar-refractivity contribution is 0.102. The second kappa shape index (κ2) is 5.58. The molecule has 0 unspecified atom stereocenters. The van der Waals surface area contributed by atoms with Gasteiger partial charge >= 0.3 is 0 Å². The van der Waals surface area contributed by atoms with Crippen LogP contribution in [0.2, 0.25) is 0 Å². The number of hydrogen-bond acceptors (Lipinski definition) is 5. The van der Waals surface area contributed by atoms with Crippen LogP contribution in [0.5, 0.6) is 0 Å². The van der Waals surface area contributed by atoms with Crippen molar-refractivity contribution in [3.63, 3.8) is 0 Å². The molecular formula is C14H16N4OS. The largest absolute Gasteiger partial charge is 0.356 e. The van der Waals surface area contributed by atoms with Crippen LogP contribution in [0.1, 0.15) is 28.9 Å². The SMILES string of the molecule is Cc1csc(NC(=O)c2cccnc2N2CCCC2)n1. The topological polar surface area (TPSA) is 58.1 Å². The molecular weight excluding hydrogens is 272 g/mol. The lowest BCUT2D eigenvalue weighted by Gasteiger charge is -2.19. The Kier molecular flexibility index (Phi) is 3.64. The number of carbonyl (C=O) groups excluding carboxylic acids is 1. The zero-order valence-electron chi connectivity index (χ0n) is 11.3. The molecule has 20 heavy (non-hydrogen) atoms. The van der Waals surface area contributed by atoms with E-state index in [2.05, 4.69) is 20.2 Å². The molecule has 3 heterocycles. The Labute approximate surface area is 121 Å². The molecule has 1 fully saturated rings. The van der Waals surface area contributed by atoms with Gasteiger partial charge < -0.3 is 4.90 Å². The minimum atomic E-state index is -0.144. The maximum atomic E-state index is 12.4. The van der Waals surface area contributed by atoms with Gasteiger partial charge in [0.15, 0.2) is 5.13 Å². The minimum Gasteiger partial charge on any atom is -0.356 e. The normalized spacial score (nSPS) is 14.6. The van der Waals surface area contributed by atoms with Gasteiger partial charge in [-0.15, -0.1) is 11.3 Å². The highest BCUT2D eigenvalue weighted by atomic mass is 32.1. The van der Waals surface area contributed by atoms with Gasteiger partial charge in [0, 0.05) is 24.7 Å². The van der Waals surface area contributed by atoms with Crippen molar-refractivity contribution in [3.05, 3.63) is 35.0 Å². The number of carbonyl (C=O) groups is 1. The summed E-state index contributed by atoms with van der Waals surface area (Å²) in [6.07, 6.45) is 4.05. The Bertz CT molecular complexity index is 619. The molecule has 0 radical (unpaired) electrons. The molecule has 0 atom stereocenters. The maximum Gasteiger partial charge on any atom is 0.261 e. The number of hydrogen-bond donors (Lipinski definition) is 1. The summed E-state index contributed by atoms with van der Waals surface area (Å²) in [5.41, 5.74) is 1.53. The highest BCUT2D eigenvalue weighted by molar-refractivity contribution is 7.13. The van der Waals surface area contributed by atoms with Crippen LogP contribution in [-0.2, 0) is 0 Å². The standard InChI is InChI=1S/C14H16N4OS/c1-10-9-20-14(16-10)17-13(19)11-5-4-6-15-12(11)18-7-2-3-8-18/h4-6,9H,2-3,7-8H2,1H3,(H,16,17,19). The lowest BCUT2D eigenvalue weighted by atomic mass is 10.2. The van der Waals surface area contributed by atoms with Crippen LogP contribution in [0.25, 0.3) is 0 Å². The van der Waals surface area contributed by atoms with Crippen molar-refractivity contribution >= 4 is 28.2 Å². The number of rotatable bonds is 3. The predicted octanol–water partition coefficient (Wildman–Crippen LogP) is 2.70. The van der Waals surface area contributed by atoms with E-state index in [9.17, 15) is 4.79 Å². The van der Waals surface area contributed by atoms with E-state index >= 15 is 0 Å². The molecule has 0 spiro atoms. The third kappa shape index (κ3) is 2.65. The number of aryl methyl sites for hydroxylation is 1. The van der Waals surface area contributed by atoms with Crippen LogP contribution >= 0.6 is 11.3 Å². The summed E-state index contributed by atoms with van der Waals surface area (Å²) in [5.74, 6) is 0.630. The highest BCUT2D eigenvalue weighted by Gasteiger charge is 2.20. The summed E-state index contributed by atoms with van der Waals surface area (Å²) in [7, 11) is 0. The Morgan fingerprint density at radius 1 is 1.40 bits per heavy atom. The first-order valence-corrected chi connectivity index (χ1v) is 7.55. The summed E-state index contributed by atoms with van der Waals surface area (Å²) in [4.78, 5) is 23.2. The second-order valence-corrected chi connectivity index (χ2v) is 5.67. The first kappa shape index (κ1) is 13.1. The fourth-order valence-corrected chi connectivity index (χ4v) is 3.01. The van der Waals surface area contributed by atoms with Gasteiger partial charge in [0.1, 0.15) is 5.82 Å². The number of nitrogens with zero attached hydrogens (tertiary/aromatic N) is 3. The smallest absolute Gasteiger partial charge is 0.261 e. The molecule has 1 amide bonds. The average molecular weight is 288 g/mol. The molecule has 0 bridgehead atoms. The van der Waals surface area contributed by atoms with Crippen LogP contribution in [-0.4, -0.2) is 29.0 Å². The van der Waals surface area contributed by atoms with Gasteiger partial charge in [0.2, 0.25) is 0 Å². The van der Waals surface area contributed by atoms with Crippen molar-refractivity contribution in [1.29, 1.82) is 0 Å². The molecule has 0 saturated carbocycles. The Morgan fingerprint density at radius 3 is 2.90 bits per heavy atom. The first-order chi connectivity index (χ1) is 9.74. The van der Waals surface area contributed by atoms with Gasteiger partial charge in [0.05, 0.1) is 11.3 Å².